The van der Waals surface area contributed by atoms with E-state index in [1.165, 1.54) is 18.4 Å². The molecular formula is C16H28N2O. The highest BCUT2D eigenvalue weighted by Gasteiger charge is 2.12. The molecule has 1 rings (SSSR count). The summed E-state index contributed by atoms with van der Waals surface area (Å²) in [6.07, 6.45) is 2.42. The van der Waals surface area contributed by atoms with Gasteiger partial charge in [0.05, 0.1) is 6.61 Å². The standard InChI is InChI=1S/C16H28N2O/c1-4-13(5-2)12-18-16(11-17)14-8-7-9-15(10-14)19-6-3/h7-10,13,16,18H,4-6,11-12,17H2,1-3H3. The molecule has 0 aromatic heterocycles. The highest BCUT2D eigenvalue weighted by atomic mass is 16.5. The Labute approximate surface area is 117 Å². The molecule has 0 saturated heterocycles. The predicted octanol–water partition coefficient (Wildman–Crippen LogP) is 3.11. The zero-order valence-electron chi connectivity index (χ0n) is 12.5. The lowest BCUT2D eigenvalue weighted by Gasteiger charge is -2.21. The quantitative estimate of drug-likeness (QED) is 0.720. The van der Waals surface area contributed by atoms with E-state index in [1.54, 1.807) is 0 Å². The molecule has 3 nitrogen and oxygen atoms in total. The van der Waals surface area contributed by atoms with E-state index in [0.29, 0.717) is 13.2 Å². The normalized spacial score (nSPS) is 12.7. The largest absolute Gasteiger partial charge is 0.494 e. The summed E-state index contributed by atoms with van der Waals surface area (Å²) >= 11 is 0. The molecule has 0 saturated carbocycles. The Kier molecular flexibility index (Phi) is 7.53. The van der Waals surface area contributed by atoms with Crippen LogP contribution in [-0.4, -0.2) is 19.7 Å². The maximum atomic E-state index is 5.89. The molecule has 0 aliphatic carbocycles. The second-order valence-corrected chi connectivity index (χ2v) is 4.88. The number of hydrogen-bond acceptors (Lipinski definition) is 3. The lowest BCUT2D eigenvalue weighted by atomic mass is 10.0. The summed E-state index contributed by atoms with van der Waals surface area (Å²) in [6.45, 7) is 8.80. The summed E-state index contributed by atoms with van der Waals surface area (Å²) in [7, 11) is 0. The van der Waals surface area contributed by atoms with Crippen molar-refractivity contribution in [1.82, 2.24) is 5.32 Å². The van der Waals surface area contributed by atoms with Crippen LogP contribution in [0.3, 0.4) is 0 Å². The van der Waals surface area contributed by atoms with Crippen LogP contribution in [0.5, 0.6) is 5.75 Å². The van der Waals surface area contributed by atoms with Gasteiger partial charge in [0.25, 0.3) is 0 Å². The van der Waals surface area contributed by atoms with Crippen LogP contribution < -0.4 is 15.8 Å². The molecule has 19 heavy (non-hydrogen) atoms. The van der Waals surface area contributed by atoms with E-state index in [9.17, 15) is 0 Å². The van der Waals surface area contributed by atoms with E-state index in [1.807, 2.05) is 19.1 Å². The summed E-state index contributed by atoms with van der Waals surface area (Å²) in [4.78, 5) is 0. The topological polar surface area (TPSA) is 47.3 Å². The van der Waals surface area contributed by atoms with E-state index in [2.05, 4.69) is 31.3 Å². The van der Waals surface area contributed by atoms with Crippen molar-refractivity contribution in [2.45, 2.75) is 39.7 Å². The fourth-order valence-electron chi connectivity index (χ4n) is 2.21. The van der Waals surface area contributed by atoms with Crippen LogP contribution >= 0.6 is 0 Å². The molecule has 0 spiro atoms. The third-order valence-electron chi connectivity index (χ3n) is 3.61. The van der Waals surface area contributed by atoms with Gasteiger partial charge in [-0.05, 0) is 37.1 Å². The van der Waals surface area contributed by atoms with Crippen LogP contribution in [0, 0.1) is 5.92 Å². The van der Waals surface area contributed by atoms with Crippen molar-refractivity contribution in [1.29, 1.82) is 0 Å². The molecule has 0 fully saturated rings. The van der Waals surface area contributed by atoms with Gasteiger partial charge in [0, 0.05) is 12.6 Å². The zero-order valence-corrected chi connectivity index (χ0v) is 12.5. The first-order valence-electron chi connectivity index (χ1n) is 7.41. The summed E-state index contributed by atoms with van der Waals surface area (Å²) in [5.74, 6) is 1.65. The second kappa shape index (κ2) is 8.94. The third-order valence-corrected chi connectivity index (χ3v) is 3.61. The first kappa shape index (κ1) is 16.0. The van der Waals surface area contributed by atoms with Crippen molar-refractivity contribution in [2.24, 2.45) is 11.7 Å². The van der Waals surface area contributed by atoms with Crippen LogP contribution in [0.2, 0.25) is 0 Å². The Bertz CT molecular complexity index is 350. The molecule has 3 heteroatoms. The first-order chi connectivity index (χ1) is 9.24. The number of hydrogen-bond donors (Lipinski definition) is 2. The number of nitrogens with two attached hydrogens (primary N) is 1. The molecule has 0 heterocycles. The van der Waals surface area contributed by atoms with Crippen molar-refractivity contribution >= 4 is 0 Å². The van der Waals surface area contributed by atoms with E-state index < -0.39 is 0 Å². The predicted molar refractivity (Wildman–Crippen MR) is 81.5 cm³/mol. The molecular weight excluding hydrogens is 236 g/mol. The third kappa shape index (κ3) is 5.21. The molecule has 0 bridgehead atoms. The van der Waals surface area contributed by atoms with Crippen LogP contribution in [0.4, 0.5) is 0 Å². The van der Waals surface area contributed by atoms with Gasteiger partial charge in [0.15, 0.2) is 0 Å². The van der Waals surface area contributed by atoms with Gasteiger partial charge < -0.3 is 15.8 Å². The molecule has 0 aliphatic heterocycles. The van der Waals surface area contributed by atoms with Gasteiger partial charge in [-0.1, -0.05) is 38.8 Å². The van der Waals surface area contributed by atoms with Gasteiger partial charge in [-0.25, -0.2) is 0 Å². The van der Waals surface area contributed by atoms with Crippen molar-refractivity contribution < 1.29 is 4.74 Å². The van der Waals surface area contributed by atoms with E-state index in [4.69, 9.17) is 10.5 Å². The van der Waals surface area contributed by atoms with Gasteiger partial charge in [-0.15, -0.1) is 0 Å². The van der Waals surface area contributed by atoms with Crippen LogP contribution in [0.1, 0.15) is 45.2 Å². The highest BCUT2D eigenvalue weighted by molar-refractivity contribution is 5.30. The van der Waals surface area contributed by atoms with E-state index >= 15 is 0 Å². The maximum absolute atomic E-state index is 5.89. The SMILES string of the molecule is CCOc1cccc(C(CN)NCC(CC)CC)c1. The Morgan fingerprint density at radius 1 is 1.21 bits per heavy atom. The summed E-state index contributed by atoms with van der Waals surface area (Å²) in [5, 5.41) is 3.58. The fraction of sp³-hybridized carbons (Fsp3) is 0.625. The van der Waals surface area contributed by atoms with Gasteiger partial charge in [-0.3, -0.25) is 0 Å². The molecule has 108 valence electrons. The lowest BCUT2D eigenvalue weighted by molar-refractivity contribution is 0.339. The Balaban J connectivity index is 2.65. The molecule has 1 atom stereocenters. The minimum absolute atomic E-state index is 0.209. The minimum Gasteiger partial charge on any atom is -0.494 e. The second-order valence-electron chi connectivity index (χ2n) is 4.88. The Morgan fingerprint density at radius 2 is 1.95 bits per heavy atom. The summed E-state index contributed by atoms with van der Waals surface area (Å²) in [6, 6.07) is 8.42. The first-order valence-corrected chi connectivity index (χ1v) is 7.41. The fourth-order valence-corrected chi connectivity index (χ4v) is 2.21. The Hall–Kier alpha value is -1.06. The highest BCUT2D eigenvalue weighted by Crippen LogP contribution is 2.19. The summed E-state index contributed by atoms with van der Waals surface area (Å²) in [5.41, 5.74) is 7.10. The van der Waals surface area contributed by atoms with Crippen LogP contribution in [0.15, 0.2) is 24.3 Å². The van der Waals surface area contributed by atoms with Gasteiger partial charge in [-0.2, -0.15) is 0 Å². The van der Waals surface area contributed by atoms with Crippen LogP contribution in [0.25, 0.3) is 0 Å². The van der Waals surface area contributed by atoms with Crippen LogP contribution in [-0.2, 0) is 0 Å². The van der Waals surface area contributed by atoms with E-state index in [0.717, 1.165) is 18.2 Å². The average Bonchev–Trinajstić information content (AvgIpc) is 2.44. The monoisotopic (exact) mass is 264 g/mol. The number of ether oxygens (including phenoxy) is 1. The van der Waals surface area contributed by atoms with Gasteiger partial charge in [0.2, 0.25) is 0 Å². The van der Waals surface area contributed by atoms with Crippen molar-refractivity contribution in [2.75, 3.05) is 19.7 Å². The molecule has 3 N–H and O–H groups in total. The molecule has 1 aromatic rings. The molecule has 1 aromatic carbocycles. The minimum atomic E-state index is 0.209. The van der Waals surface area contributed by atoms with E-state index in [-0.39, 0.29) is 6.04 Å². The van der Waals surface area contributed by atoms with Crippen molar-refractivity contribution in [3.05, 3.63) is 29.8 Å². The molecule has 0 aliphatic rings. The van der Waals surface area contributed by atoms with Crippen molar-refractivity contribution in [3.63, 3.8) is 0 Å². The number of benzene rings is 1. The number of nitrogens with one attached hydrogen (secondary N) is 1. The molecule has 0 radical (unpaired) electrons. The molecule has 1 unspecified atom stereocenters. The zero-order chi connectivity index (χ0) is 14.1. The average molecular weight is 264 g/mol. The summed E-state index contributed by atoms with van der Waals surface area (Å²) < 4.78 is 5.54. The van der Waals surface area contributed by atoms with Gasteiger partial charge >= 0.3 is 0 Å². The Morgan fingerprint density at radius 3 is 2.53 bits per heavy atom. The lowest BCUT2D eigenvalue weighted by Crippen LogP contribution is -2.32. The van der Waals surface area contributed by atoms with Gasteiger partial charge in [0.1, 0.15) is 5.75 Å². The molecule has 0 amide bonds. The smallest absolute Gasteiger partial charge is 0.119 e. The maximum Gasteiger partial charge on any atom is 0.119 e. The number of rotatable bonds is 9. The van der Waals surface area contributed by atoms with Crippen molar-refractivity contribution in [3.8, 4) is 5.75 Å².